The highest BCUT2D eigenvalue weighted by Gasteiger charge is 2.63. The van der Waals surface area contributed by atoms with Crippen LogP contribution in [0.1, 0.15) is 39.5 Å². The van der Waals surface area contributed by atoms with Gasteiger partial charge in [-0.2, -0.15) is 10.4 Å². The first-order valence-electron chi connectivity index (χ1n) is 8.28. The van der Waals surface area contributed by atoms with Crippen molar-refractivity contribution in [1.82, 2.24) is 15.1 Å². The molecule has 122 valence electrons. The third-order valence-electron chi connectivity index (χ3n) is 6.35. The molecular formula is C17H21IN4O. The summed E-state index contributed by atoms with van der Waals surface area (Å²) in [7, 11) is 0. The molecule has 0 aromatic carbocycles. The minimum absolute atomic E-state index is 0.00564. The van der Waals surface area contributed by atoms with Gasteiger partial charge in [0.25, 0.3) is 0 Å². The van der Waals surface area contributed by atoms with Gasteiger partial charge in [-0.05, 0) is 79.9 Å². The monoisotopic (exact) mass is 424 g/mol. The summed E-state index contributed by atoms with van der Waals surface area (Å²) in [4.78, 5) is 12.9. The fourth-order valence-electron chi connectivity index (χ4n) is 5.25. The molecule has 0 saturated heterocycles. The minimum Gasteiger partial charge on any atom is -0.351 e. The van der Waals surface area contributed by atoms with E-state index in [0.29, 0.717) is 17.8 Å². The van der Waals surface area contributed by atoms with E-state index in [0.717, 1.165) is 22.8 Å². The van der Waals surface area contributed by atoms with E-state index in [1.807, 2.05) is 20.0 Å². The second-order valence-electron chi connectivity index (χ2n) is 8.04. The summed E-state index contributed by atoms with van der Waals surface area (Å²) in [6, 6.07) is 2.77. The fourth-order valence-corrected chi connectivity index (χ4v) is 5.64. The van der Waals surface area contributed by atoms with Crippen LogP contribution in [0.2, 0.25) is 0 Å². The molecule has 6 heteroatoms. The van der Waals surface area contributed by atoms with Crippen LogP contribution in [-0.4, -0.2) is 21.7 Å². The standard InChI is InChI=1S/C17H21IN4O/c1-16(2,22-8-12(18)7-20-22)15(23)21-14-11-3-10-4-13(14)17(5-10,6-11)9-19/h7-8,10-11,13-14H,3-6H2,1-2H3,(H,21,23). The van der Waals surface area contributed by atoms with Gasteiger partial charge >= 0.3 is 0 Å². The third-order valence-corrected chi connectivity index (χ3v) is 6.91. The van der Waals surface area contributed by atoms with Crippen molar-refractivity contribution in [3.05, 3.63) is 16.0 Å². The number of amides is 1. The van der Waals surface area contributed by atoms with Gasteiger partial charge in [-0.15, -0.1) is 0 Å². The molecule has 5 unspecified atom stereocenters. The summed E-state index contributed by atoms with van der Waals surface area (Å²) in [6.07, 6.45) is 7.94. The Morgan fingerprint density at radius 2 is 2.30 bits per heavy atom. The van der Waals surface area contributed by atoms with Crippen molar-refractivity contribution >= 4 is 28.5 Å². The third kappa shape index (κ3) is 2.15. The van der Waals surface area contributed by atoms with Crippen LogP contribution in [0.15, 0.2) is 12.4 Å². The topological polar surface area (TPSA) is 70.7 Å². The van der Waals surface area contributed by atoms with Crippen LogP contribution >= 0.6 is 22.6 Å². The van der Waals surface area contributed by atoms with Gasteiger partial charge in [0.15, 0.2) is 0 Å². The smallest absolute Gasteiger partial charge is 0.247 e. The summed E-state index contributed by atoms with van der Waals surface area (Å²) in [5.74, 6) is 1.52. The Balaban J connectivity index is 1.55. The van der Waals surface area contributed by atoms with Gasteiger partial charge in [0.2, 0.25) is 5.91 Å². The Hall–Kier alpha value is -1.10. The second-order valence-corrected chi connectivity index (χ2v) is 9.29. The lowest BCUT2D eigenvalue weighted by Gasteiger charge is -2.35. The number of nitrogens with zero attached hydrogens (tertiary/aromatic N) is 3. The summed E-state index contributed by atoms with van der Waals surface area (Å²) in [6.45, 7) is 3.80. The molecule has 0 spiro atoms. The Kier molecular flexibility index (Phi) is 3.32. The van der Waals surface area contributed by atoms with Crippen molar-refractivity contribution in [1.29, 1.82) is 5.26 Å². The number of carbonyl (C=O) groups excluding carboxylic acids is 1. The van der Waals surface area contributed by atoms with E-state index in [4.69, 9.17) is 0 Å². The van der Waals surface area contributed by atoms with Crippen LogP contribution in [0.25, 0.3) is 0 Å². The van der Waals surface area contributed by atoms with Crippen LogP contribution in [0.5, 0.6) is 0 Å². The summed E-state index contributed by atoms with van der Waals surface area (Å²) in [5.41, 5.74) is -0.889. The van der Waals surface area contributed by atoms with E-state index in [9.17, 15) is 10.1 Å². The maximum absolute atomic E-state index is 12.9. The lowest BCUT2D eigenvalue weighted by molar-refractivity contribution is -0.130. The number of rotatable bonds is 3. The Bertz CT molecular complexity index is 706. The largest absolute Gasteiger partial charge is 0.351 e. The number of nitrogens with one attached hydrogen (secondary N) is 1. The van der Waals surface area contributed by atoms with Gasteiger partial charge in [-0.3, -0.25) is 9.48 Å². The van der Waals surface area contributed by atoms with Gasteiger partial charge in [-0.25, -0.2) is 0 Å². The first-order chi connectivity index (χ1) is 10.9. The molecule has 0 aliphatic heterocycles. The normalized spacial score (nSPS) is 37.8. The average Bonchev–Trinajstić information content (AvgIpc) is 3.11. The van der Waals surface area contributed by atoms with Crippen molar-refractivity contribution in [2.24, 2.45) is 23.2 Å². The molecule has 23 heavy (non-hydrogen) atoms. The molecule has 4 aliphatic carbocycles. The van der Waals surface area contributed by atoms with Crippen molar-refractivity contribution in [2.75, 3.05) is 0 Å². The number of carbonyl (C=O) groups is 1. The van der Waals surface area contributed by atoms with Gasteiger partial charge in [0, 0.05) is 12.2 Å². The highest BCUT2D eigenvalue weighted by atomic mass is 127. The molecule has 1 heterocycles. The molecule has 1 aromatic rings. The summed E-state index contributed by atoms with van der Waals surface area (Å²) < 4.78 is 2.75. The first kappa shape index (κ1) is 15.4. The number of hydrogen-bond donors (Lipinski definition) is 1. The van der Waals surface area contributed by atoms with Crippen LogP contribution < -0.4 is 5.32 Å². The Morgan fingerprint density at radius 3 is 2.96 bits per heavy atom. The van der Waals surface area contributed by atoms with Crippen LogP contribution in [0.4, 0.5) is 0 Å². The van der Waals surface area contributed by atoms with E-state index in [-0.39, 0.29) is 17.4 Å². The zero-order valence-corrected chi connectivity index (χ0v) is 15.6. The SMILES string of the molecule is CC(C)(C(=O)NC1C2CC3CC1C(C#N)(C3)C2)n1cc(I)cn1. The predicted octanol–water partition coefficient (Wildman–Crippen LogP) is 2.67. The van der Waals surface area contributed by atoms with Crippen molar-refractivity contribution in [3.63, 3.8) is 0 Å². The zero-order chi connectivity index (χ0) is 16.4. The van der Waals surface area contributed by atoms with E-state index in [1.165, 1.54) is 6.42 Å². The molecule has 4 aliphatic rings. The highest BCUT2D eigenvalue weighted by molar-refractivity contribution is 14.1. The quantitative estimate of drug-likeness (QED) is 0.759. The number of aromatic nitrogens is 2. The number of nitriles is 1. The fraction of sp³-hybridized carbons (Fsp3) is 0.706. The Labute approximate surface area is 149 Å². The lowest BCUT2D eigenvalue weighted by atomic mass is 9.76. The van der Waals surface area contributed by atoms with Crippen molar-refractivity contribution in [3.8, 4) is 6.07 Å². The molecule has 4 saturated carbocycles. The average molecular weight is 424 g/mol. The van der Waals surface area contributed by atoms with Crippen LogP contribution in [-0.2, 0) is 10.3 Å². The molecule has 1 aromatic heterocycles. The molecular weight excluding hydrogens is 403 g/mol. The molecule has 0 radical (unpaired) electrons. The summed E-state index contributed by atoms with van der Waals surface area (Å²) in [5, 5.41) is 17.3. The maximum atomic E-state index is 12.9. The Morgan fingerprint density at radius 1 is 1.52 bits per heavy atom. The zero-order valence-electron chi connectivity index (χ0n) is 13.4. The number of hydrogen-bond acceptors (Lipinski definition) is 3. The molecule has 4 fully saturated rings. The van der Waals surface area contributed by atoms with Gasteiger partial charge in [0.1, 0.15) is 5.54 Å². The summed E-state index contributed by atoms with van der Waals surface area (Å²) >= 11 is 2.20. The molecule has 5 atom stereocenters. The van der Waals surface area contributed by atoms with Gasteiger partial charge in [0.05, 0.1) is 21.3 Å². The van der Waals surface area contributed by atoms with E-state index >= 15 is 0 Å². The minimum atomic E-state index is -0.719. The van der Waals surface area contributed by atoms with Crippen LogP contribution in [0, 0.1) is 38.1 Å². The highest BCUT2D eigenvalue weighted by Crippen LogP contribution is 2.65. The van der Waals surface area contributed by atoms with E-state index in [2.05, 4.69) is 39.1 Å². The van der Waals surface area contributed by atoms with Crippen LogP contribution in [0.3, 0.4) is 0 Å². The first-order valence-corrected chi connectivity index (χ1v) is 9.36. The van der Waals surface area contributed by atoms with E-state index < -0.39 is 5.54 Å². The maximum Gasteiger partial charge on any atom is 0.247 e. The molecule has 5 nitrogen and oxygen atoms in total. The van der Waals surface area contributed by atoms with Crippen molar-refractivity contribution in [2.45, 2.75) is 51.1 Å². The van der Waals surface area contributed by atoms with Gasteiger partial charge in [-0.1, -0.05) is 0 Å². The van der Waals surface area contributed by atoms with Crippen molar-refractivity contribution < 1.29 is 4.79 Å². The van der Waals surface area contributed by atoms with E-state index in [1.54, 1.807) is 10.9 Å². The number of halogens is 1. The second kappa shape index (κ2) is 4.95. The lowest BCUT2D eigenvalue weighted by Crippen LogP contribution is -2.52. The predicted molar refractivity (Wildman–Crippen MR) is 93.2 cm³/mol. The molecule has 4 bridgehead atoms. The van der Waals surface area contributed by atoms with Gasteiger partial charge < -0.3 is 5.32 Å². The molecule has 1 N–H and O–H groups in total. The molecule has 1 amide bonds. The molecule has 5 rings (SSSR count).